The molecule has 252 valence electrons. The van der Waals surface area contributed by atoms with Crippen LogP contribution in [-0.4, -0.2) is 40.9 Å². The van der Waals surface area contributed by atoms with E-state index in [0.29, 0.717) is 0 Å². The topological polar surface area (TPSA) is 286 Å². The average Bonchev–Trinajstić information content (AvgIpc) is 3.07. The summed E-state index contributed by atoms with van der Waals surface area (Å²) >= 11 is 0. The fourth-order valence-electron chi connectivity index (χ4n) is 3.98. The van der Waals surface area contributed by atoms with Crippen LogP contribution in [0.3, 0.4) is 0 Å². The van der Waals surface area contributed by atoms with E-state index >= 15 is 0 Å². The van der Waals surface area contributed by atoms with Gasteiger partial charge in [-0.2, -0.15) is 18.6 Å². The van der Waals surface area contributed by atoms with Crippen LogP contribution in [0.15, 0.2) is 142 Å². The zero-order chi connectivity index (χ0) is 36.1. The summed E-state index contributed by atoms with van der Waals surface area (Å²) in [7, 11) is -12.5. The van der Waals surface area contributed by atoms with E-state index in [-0.39, 0.29) is 21.2 Å². The molecule has 6 N–H and O–H groups in total. The number of carbonyl (C=O) groups is 1. The second-order valence-electron chi connectivity index (χ2n) is 9.51. The van der Waals surface area contributed by atoms with E-state index < -0.39 is 80.3 Å². The van der Waals surface area contributed by atoms with Crippen LogP contribution in [0.25, 0.3) is 0 Å². The molecule has 17 nitrogen and oxygen atoms in total. The van der Waals surface area contributed by atoms with Gasteiger partial charge in [0.05, 0.1) is 32.5 Å². The highest BCUT2D eigenvalue weighted by Crippen LogP contribution is 2.49. The smallest absolute Gasteiger partial charge is 0.340 e. The number of nitrogens with zero attached hydrogens (tertiary/aromatic N) is 6. The average molecular weight is 725 g/mol. The highest BCUT2D eigenvalue weighted by molar-refractivity contribution is 7.94. The van der Waals surface area contributed by atoms with E-state index in [4.69, 9.17) is 11.5 Å². The predicted octanol–water partition coefficient (Wildman–Crippen LogP) is 6.88. The van der Waals surface area contributed by atoms with Crippen molar-refractivity contribution in [3.63, 3.8) is 0 Å². The van der Waals surface area contributed by atoms with Crippen LogP contribution in [0.2, 0.25) is 0 Å². The van der Waals surface area contributed by atoms with Crippen molar-refractivity contribution in [2.24, 2.45) is 30.7 Å². The Kier molecular flexibility index (Phi) is 10.3. The zero-order valence-electron chi connectivity index (χ0n) is 24.8. The first-order valence-electron chi connectivity index (χ1n) is 13.2. The maximum Gasteiger partial charge on any atom is 0.340 e. The fourth-order valence-corrected chi connectivity index (χ4v) is 6.10. The number of carboxylic acid groups (broad SMARTS) is 1. The SMILES string of the molecule is C=CS(=O)(=O)c1cccc(N=Nc2c(N)c(N=Nc3cccc(S(=O)(=O)C=C)c3)c(C(=O)O)c(N=Nc3ccccc3S(=O)(=O)O)c2N)c1. The van der Waals surface area contributed by atoms with E-state index in [9.17, 15) is 39.7 Å². The normalized spacial score (nSPS) is 12.5. The maximum absolute atomic E-state index is 12.6. The minimum atomic E-state index is -4.79. The molecule has 20 heteroatoms. The van der Waals surface area contributed by atoms with E-state index in [2.05, 4.69) is 43.8 Å². The monoisotopic (exact) mass is 724 g/mol. The number of aromatic carboxylic acids is 1. The number of nitrogens with two attached hydrogens (primary N) is 2. The highest BCUT2D eigenvalue weighted by atomic mass is 32.2. The van der Waals surface area contributed by atoms with Crippen LogP contribution < -0.4 is 11.5 Å². The third-order valence-electron chi connectivity index (χ3n) is 6.37. The van der Waals surface area contributed by atoms with Gasteiger partial charge in [0.2, 0.25) is 0 Å². The first kappa shape index (κ1) is 35.9. The van der Waals surface area contributed by atoms with Gasteiger partial charge in [-0.1, -0.05) is 37.4 Å². The Balaban J connectivity index is 1.99. The van der Waals surface area contributed by atoms with E-state index in [1.807, 2.05) is 0 Å². The first-order valence-corrected chi connectivity index (χ1v) is 17.8. The van der Waals surface area contributed by atoms with Crippen LogP contribution in [0.5, 0.6) is 0 Å². The summed E-state index contributed by atoms with van der Waals surface area (Å²) in [5, 5.41) is 35.2. The summed E-state index contributed by atoms with van der Waals surface area (Å²) in [6, 6.07) is 15.2. The molecule has 4 aromatic rings. The number of anilines is 2. The summed E-state index contributed by atoms with van der Waals surface area (Å²) in [4.78, 5) is 11.6. The van der Waals surface area contributed by atoms with Gasteiger partial charge in [0.15, 0.2) is 19.7 Å². The molecule has 0 fully saturated rings. The van der Waals surface area contributed by atoms with Crippen molar-refractivity contribution >= 4 is 81.3 Å². The van der Waals surface area contributed by atoms with Gasteiger partial charge >= 0.3 is 5.97 Å². The van der Waals surface area contributed by atoms with Crippen molar-refractivity contribution < 1.29 is 39.7 Å². The lowest BCUT2D eigenvalue weighted by Gasteiger charge is -2.13. The molecule has 0 aromatic heterocycles. The van der Waals surface area contributed by atoms with Gasteiger partial charge < -0.3 is 16.6 Å². The minimum Gasteiger partial charge on any atom is -0.478 e. The minimum absolute atomic E-state index is 0.00212. The van der Waals surface area contributed by atoms with Crippen LogP contribution in [0.4, 0.5) is 45.5 Å². The van der Waals surface area contributed by atoms with Gasteiger partial charge in [0, 0.05) is 10.8 Å². The Morgan fingerprint density at radius 1 is 0.633 bits per heavy atom. The van der Waals surface area contributed by atoms with E-state index in [1.165, 1.54) is 48.5 Å². The van der Waals surface area contributed by atoms with Crippen molar-refractivity contribution in [2.75, 3.05) is 11.5 Å². The summed E-state index contributed by atoms with van der Waals surface area (Å²) < 4.78 is 82.4. The second kappa shape index (κ2) is 14.0. The predicted molar refractivity (Wildman–Crippen MR) is 179 cm³/mol. The van der Waals surface area contributed by atoms with Crippen LogP contribution in [0.1, 0.15) is 10.4 Å². The number of nitrogen functional groups attached to an aromatic ring is 2. The second-order valence-corrected chi connectivity index (χ2v) is 14.7. The molecule has 4 aromatic carbocycles. The number of hydrogen-bond acceptors (Lipinski definition) is 15. The first-order chi connectivity index (χ1) is 23.0. The molecule has 0 aliphatic rings. The largest absolute Gasteiger partial charge is 0.478 e. The fraction of sp³-hybridized carbons (Fsp3) is 0. The van der Waals surface area contributed by atoms with Gasteiger partial charge in [-0.15, -0.1) is 20.5 Å². The lowest BCUT2D eigenvalue weighted by molar-refractivity contribution is 0.0698. The van der Waals surface area contributed by atoms with Crippen LogP contribution >= 0.6 is 0 Å². The van der Waals surface area contributed by atoms with Gasteiger partial charge in [-0.05, 0) is 48.5 Å². The molecule has 0 saturated heterocycles. The Hall–Kier alpha value is -5.96. The third kappa shape index (κ3) is 7.96. The molecule has 0 atom stereocenters. The number of sulfone groups is 2. The van der Waals surface area contributed by atoms with E-state index in [0.717, 1.165) is 35.1 Å². The number of carboxylic acids is 1. The lowest BCUT2D eigenvalue weighted by atomic mass is 10.1. The van der Waals surface area contributed by atoms with Crippen molar-refractivity contribution in [2.45, 2.75) is 14.7 Å². The molecule has 0 radical (unpaired) electrons. The Morgan fingerprint density at radius 2 is 1.08 bits per heavy atom. The van der Waals surface area contributed by atoms with Gasteiger partial charge in [0.25, 0.3) is 10.1 Å². The van der Waals surface area contributed by atoms with Gasteiger partial charge in [-0.25, -0.2) is 21.6 Å². The number of hydrogen-bond donors (Lipinski definition) is 4. The Bertz CT molecular complexity index is 2440. The van der Waals surface area contributed by atoms with Gasteiger partial charge in [0.1, 0.15) is 33.2 Å². The number of azo groups is 3. The molecule has 0 unspecified atom stereocenters. The summed E-state index contributed by atoms with van der Waals surface area (Å²) in [5.74, 6) is -1.70. The van der Waals surface area contributed by atoms with Crippen LogP contribution in [0, 0.1) is 0 Å². The summed E-state index contributed by atoms with van der Waals surface area (Å²) in [6.07, 6.45) is 0. The van der Waals surface area contributed by atoms with Crippen molar-refractivity contribution in [1.29, 1.82) is 0 Å². The Morgan fingerprint density at radius 3 is 1.53 bits per heavy atom. The Labute approximate surface area is 279 Å². The number of benzene rings is 4. The summed E-state index contributed by atoms with van der Waals surface area (Å²) in [5.41, 5.74) is 8.67. The van der Waals surface area contributed by atoms with Crippen molar-refractivity contribution in [1.82, 2.24) is 0 Å². The quantitative estimate of drug-likeness (QED) is 0.0663. The molecule has 0 bridgehead atoms. The maximum atomic E-state index is 12.6. The van der Waals surface area contributed by atoms with Crippen molar-refractivity contribution in [3.8, 4) is 0 Å². The number of rotatable bonds is 12. The molecule has 49 heavy (non-hydrogen) atoms. The van der Waals surface area contributed by atoms with E-state index in [1.54, 1.807) is 0 Å². The molecule has 0 aliphatic carbocycles. The molecule has 0 heterocycles. The molecule has 0 amide bonds. The molecule has 0 saturated carbocycles. The van der Waals surface area contributed by atoms with Gasteiger partial charge in [-0.3, -0.25) is 4.55 Å². The van der Waals surface area contributed by atoms with Crippen LogP contribution in [-0.2, 0) is 29.8 Å². The summed E-state index contributed by atoms with van der Waals surface area (Å²) in [6.45, 7) is 6.54. The highest BCUT2D eigenvalue weighted by Gasteiger charge is 2.27. The molecule has 0 spiro atoms. The molecule has 0 aliphatic heterocycles. The lowest BCUT2D eigenvalue weighted by Crippen LogP contribution is -2.04. The third-order valence-corrected chi connectivity index (χ3v) is 9.97. The standard InChI is InChI=1S/C29H24N8O9S3/c1-3-47(40,41)19-11-7-9-17(15-19)32-35-26-23(29(38)39)27(36-34-21-13-5-6-14-22(21)49(44,45)46)25(31)28(24(26)30)37-33-18-10-8-12-20(16-18)48(42,43)4-2/h3-16H,1-2,30-31H2,(H,38,39)(H,44,45,46). The molecule has 4 rings (SSSR count). The molecular weight excluding hydrogens is 701 g/mol. The van der Waals surface area contributed by atoms with Crippen molar-refractivity contribution in [3.05, 3.63) is 102 Å². The zero-order valence-corrected chi connectivity index (χ0v) is 27.3. The molecular formula is C29H24N8O9S3.